The van der Waals surface area contributed by atoms with Crippen LogP contribution in [0.5, 0.6) is 0 Å². The number of fused-ring (bicyclic) bond motifs is 1. The van der Waals surface area contributed by atoms with Gasteiger partial charge in [-0.05, 0) is 35.4 Å². The van der Waals surface area contributed by atoms with Gasteiger partial charge in [0, 0.05) is 5.69 Å². The smallest absolute Gasteiger partial charge is 0.326 e. The molecule has 0 saturated heterocycles. The Hall–Kier alpha value is -1.51. The maximum Gasteiger partial charge on any atom is 0.326 e. The Morgan fingerprint density at radius 2 is 2.12 bits per heavy atom. The van der Waals surface area contributed by atoms with E-state index < -0.39 is 12.0 Å². The minimum atomic E-state index is -0.768. The van der Waals surface area contributed by atoms with Crippen LogP contribution in [0.15, 0.2) is 18.2 Å². The first-order chi connectivity index (χ1) is 7.88. The molecule has 1 aromatic carbocycles. The first kappa shape index (κ1) is 12.0. The van der Waals surface area contributed by atoms with Gasteiger partial charge >= 0.3 is 5.97 Å². The van der Waals surface area contributed by atoms with Crippen molar-refractivity contribution in [2.75, 3.05) is 5.32 Å². The summed E-state index contributed by atoms with van der Waals surface area (Å²) in [5, 5.41) is 12.1. The van der Waals surface area contributed by atoms with Crippen LogP contribution in [-0.4, -0.2) is 17.1 Å². The molecule has 1 aromatic rings. The zero-order valence-electron chi connectivity index (χ0n) is 10.6. The van der Waals surface area contributed by atoms with Crippen molar-refractivity contribution in [1.82, 2.24) is 0 Å². The molecule has 0 saturated carbocycles. The molecule has 2 rings (SSSR count). The molecule has 2 N–H and O–H groups in total. The van der Waals surface area contributed by atoms with Crippen LogP contribution in [0.1, 0.15) is 38.3 Å². The van der Waals surface area contributed by atoms with Crippen molar-refractivity contribution in [3.05, 3.63) is 29.3 Å². The number of carbonyl (C=O) groups is 1. The van der Waals surface area contributed by atoms with E-state index in [9.17, 15) is 4.79 Å². The lowest BCUT2D eigenvalue weighted by molar-refractivity contribution is -0.138. The van der Waals surface area contributed by atoms with Crippen molar-refractivity contribution in [1.29, 1.82) is 0 Å². The highest BCUT2D eigenvalue weighted by Gasteiger charge is 2.24. The van der Waals surface area contributed by atoms with Gasteiger partial charge in [-0.1, -0.05) is 32.9 Å². The molecule has 1 aliphatic rings. The molecule has 92 valence electrons. The molecular weight excluding hydrogens is 214 g/mol. The molecule has 1 heterocycles. The normalized spacial score (nSPS) is 19.4. The van der Waals surface area contributed by atoms with Gasteiger partial charge in [0.25, 0.3) is 0 Å². The van der Waals surface area contributed by atoms with Gasteiger partial charge in [-0.15, -0.1) is 0 Å². The average molecular weight is 233 g/mol. The number of aliphatic carboxylic acids is 1. The van der Waals surface area contributed by atoms with Crippen LogP contribution >= 0.6 is 0 Å². The van der Waals surface area contributed by atoms with Crippen molar-refractivity contribution in [3.8, 4) is 0 Å². The third-order valence-corrected chi connectivity index (χ3v) is 3.30. The predicted molar refractivity (Wildman–Crippen MR) is 68.5 cm³/mol. The predicted octanol–water partition coefficient (Wildman–Crippen LogP) is 2.80. The summed E-state index contributed by atoms with van der Waals surface area (Å²) < 4.78 is 0. The second-order valence-electron chi connectivity index (χ2n) is 5.70. The quantitative estimate of drug-likeness (QED) is 0.784. The van der Waals surface area contributed by atoms with Crippen molar-refractivity contribution in [2.24, 2.45) is 0 Å². The first-order valence-corrected chi connectivity index (χ1v) is 6.00. The highest BCUT2D eigenvalue weighted by Crippen LogP contribution is 2.30. The number of rotatable bonds is 1. The Morgan fingerprint density at radius 1 is 1.41 bits per heavy atom. The van der Waals surface area contributed by atoms with E-state index >= 15 is 0 Å². The molecular formula is C14H19NO2. The van der Waals surface area contributed by atoms with Gasteiger partial charge in [-0.3, -0.25) is 0 Å². The molecule has 0 fully saturated rings. The highest BCUT2D eigenvalue weighted by atomic mass is 16.4. The second kappa shape index (κ2) is 4.06. The Bertz CT molecular complexity index is 446. The first-order valence-electron chi connectivity index (χ1n) is 6.00. The van der Waals surface area contributed by atoms with E-state index in [0.29, 0.717) is 6.42 Å². The lowest BCUT2D eigenvalue weighted by Gasteiger charge is -2.27. The molecule has 1 unspecified atom stereocenters. The third-order valence-electron chi connectivity index (χ3n) is 3.30. The maximum atomic E-state index is 10.9. The van der Waals surface area contributed by atoms with E-state index in [1.54, 1.807) is 0 Å². The van der Waals surface area contributed by atoms with E-state index in [1.807, 2.05) is 6.07 Å². The molecule has 1 aliphatic heterocycles. The van der Waals surface area contributed by atoms with Gasteiger partial charge in [0.05, 0.1) is 0 Å². The Kier molecular flexibility index (Phi) is 2.86. The van der Waals surface area contributed by atoms with Crippen molar-refractivity contribution < 1.29 is 9.90 Å². The number of nitrogens with one attached hydrogen (secondary N) is 1. The van der Waals surface area contributed by atoms with Gasteiger partial charge in [0.15, 0.2) is 0 Å². The molecule has 0 bridgehead atoms. The summed E-state index contributed by atoms with van der Waals surface area (Å²) in [5.41, 5.74) is 3.64. The molecule has 0 aromatic heterocycles. The number of anilines is 1. The van der Waals surface area contributed by atoms with Gasteiger partial charge in [-0.2, -0.15) is 0 Å². The second-order valence-corrected chi connectivity index (χ2v) is 5.70. The Labute approximate surface area is 102 Å². The molecule has 0 amide bonds. The SMILES string of the molecule is CC(C)(C)c1ccc2c(c1)CCC(C(=O)O)N2. The maximum absolute atomic E-state index is 10.9. The van der Waals surface area contributed by atoms with Crippen LogP contribution < -0.4 is 5.32 Å². The monoisotopic (exact) mass is 233 g/mol. The standard InChI is InChI=1S/C14H19NO2/c1-14(2,3)10-5-7-11-9(8-10)4-6-12(15-11)13(16)17/h5,7-8,12,15H,4,6H2,1-3H3,(H,16,17). The van der Waals surface area contributed by atoms with E-state index in [2.05, 4.69) is 38.2 Å². The molecule has 0 radical (unpaired) electrons. The van der Waals surface area contributed by atoms with Crippen LogP contribution in [0, 0.1) is 0 Å². The van der Waals surface area contributed by atoms with Gasteiger partial charge in [0.1, 0.15) is 6.04 Å². The summed E-state index contributed by atoms with van der Waals surface area (Å²) in [4.78, 5) is 10.9. The number of carboxylic acids is 1. The largest absolute Gasteiger partial charge is 0.480 e. The van der Waals surface area contributed by atoms with Crippen LogP contribution in [0.25, 0.3) is 0 Å². The van der Waals surface area contributed by atoms with Crippen molar-refractivity contribution in [3.63, 3.8) is 0 Å². The summed E-state index contributed by atoms with van der Waals surface area (Å²) in [6.07, 6.45) is 1.50. The highest BCUT2D eigenvalue weighted by molar-refractivity contribution is 5.79. The minimum Gasteiger partial charge on any atom is -0.480 e. The van der Waals surface area contributed by atoms with Gasteiger partial charge < -0.3 is 10.4 Å². The van der Waals surface area contributed by atoms with Crippen LogP contribution in [0.2, 0.25) is 0 Å². The van der Waals surface area contributed by atoms with Crippen LogP contribution in [0.4, 0.5) is 5.69 Å². The molecule has 0 spiro atoms. The fourth-order valence-electron chi connectivity index (χ4n) is 2.15. The van der Waals surface area contributed by atoms with E-state index in [4.69, 9.17) is 5.11 Å². The number of hydrogen-bond acceptors (Lipinski definition) is 2. The number of benzene rings is 1. The number of hydrogen-bond donors (Lipinski definition) is 2. The zero-order chi connectivity index (χ0) is 12.6. The summed E-state index contributed by atoms with van der Waals surface area (Å²) >= 11 is 0. The van der Waals surface area contributed by atoms with Gasteiger partial charge in [0.2, 0.25) is 0 Å². The summed E-state index contributed by atoms with van der Waals surface area (Å²) in [6.45, 7) is 6.56. The average Bonchev–Trinajstić information content (AvgIpc) is 2.26. The summed E-state index contributed by atoms with van der Waals surface area (Å²) in [5.74, 6) is -0.768. The van der Waals surface area contributed by atoms with Gasteiger partial charge in [-0.25, -0.2) is 4.79 Å². The molecule has 17 heavy (non-hydrogen) atoms. The molecule has 3 nitrogen and oxygen atoms in total. The molecule has 0 aliphatic carbocycles. The fraction of sp³-hybridized carbons (Fsp3) is 0.500. The lowest BCUT2D eigenvalue weighted by atomic mass is 9.84. The van der Waals surface area contributed by atoms with Crippen molar-refractivity contribution in [2.45, 2.75) is 45.1 Å². The number of aryl methyl sites for hydroxylation is 1. The fourth-order valence-corrected chi connectivity index (χ4v) is 2.15. The topological polar surface area (TPSA) is 49.3 Å². The number of carboxylic acid groups (broad SMARTS) is 1. The minimum absolute atomic E-state index is 0.138. The summed E-state index contributed by atoms with van der Waals surface area (Å²) in [6, 6.07) is 5.84. The van der Waals surface area contributed by atoms with E-state index in [1.165, 1.54) is 11.1 Å². The third kappa shape index (κ3) is 2.43. The van der Waals surface area contributed by atoms with E-state index in [0.717, 1.165) is 12.1 Å². The van der Waals surface area contributed by atoms with Crippen LogP contribution in [-0.2, 0) is 16.6 Å². The zero-order valence-corrected chi connectivity index (χ0v) is 10.6. The Balaban J connectivity index is 2.29. The summed E-state index contributed by atoms with van der Waals surface area (Å²) in [7, 11) is 0. The van der Waals surface area contributed by atoms with Crippen LogP contribution in [0.3, 0.4) is 0 Å². The van der Waals surface area contributed by atoms with Crippen molar-refractivity contribution >= 4 is 11.7 Å². The lowest BCUT2D eigenvalue weighted by Crippen LogP contribution is -2.33. The Morgan fingerprint density at radius 3 is 2.71 bits per heavy atom. The van der Waals surface area contributed by atoms with E-state index in [-0.39, 0.29) is 5.41 Å². The molecule has 1 atom stereocenters. The molecule has 3 heteroatoms.